The highest BCUT2D eigenvalue weighted by molar-refractivity contribution is 9.08. The number of halogens is 1. The normalized spacial score (nSPS) is 11.8. The fourth-order valence-electron chi connectivity index (χ4n) is 1.23. The third kappa shape index (κ3) is 2.93. The van der Waals surface area contributed by atoms with Crippen molar-refractivity contribution in [3.05, 3.63) is 40.9 Å². The second kappa shape index (κ2) is 5.81. The Balaban J connectivity index is 0.000000125. The first-order valence-corrected chi connectivity index (χ1v) is 6.64. The fourth-order valence-corrected chi connectivity index (χ4v) is 2.12. The van der Waals surface area contributed by atoms with E-state index in [1.165, 1.54) is 17.1 Å². The van der Waals surface area contributed by atoms with Gasteiger partial charge in [-0.2, -0.15) is 14.6 Å². The molecule has 0 bridgehead atoms. The molecule has 0 fully saturated rings. The van der Waals surface area contributed by atoms with Crippen molar-refractivity contribution in [3.8, 4) is 0 Å². The van der Waals surface area contributed by atoms with Crippen LogP contribution in [0.5, 0.6) is 0 Å². The minimum Gasteiger partial charge on any atom is -0.227 e. The van der Waals surface area contributed by atoms with Crippen LogP contribution in [0.4, 0.5) is 0 Å². The summed E-state index contributed by atoms with van der Waals surface area (Å²) >= 11 is 4.59. The third-order valence-corrected chi connectivity index (χ3v) is 2.98. The first-order chi connectivity index (χ1) is 7.90. The first-order valence-electron chi connectivity index (χ1n) is 4.68. The van der Waals surface area contributed by atoms with E-state index in [2.05, 4.69) is 47.6 Å². The Hall–Kier alpha value is -1.14. The molecule has 0 amide bonds. The number of hydrogen-bond donors (Lipinski definition) is 0. The molecule has 0 aliphatic heterocycles. The molecular formula is C10H9BrN4S. The van der Waals surface area contributed by atoms with Gasteiger partial charge in [-0.15, -0.1) is 0 Å². The molecule has 0 aromatic carbocycles. The van der Waals surface area contributed by atoms with Crippen LogP contribution in [-0.2, 0) is 11.8 Å². The molecule has 16 heavy (non-hydrogen) atoms. The number of fused-ring (bicyclic) bond motifs is 1. The van der Waals surface area contributed by atoms with Crippen LogP contribution in [0.3, 0.4) is 0 Å². The maximum absolute atomic E-state index is 3.95. The summed E-state index contributed by atoms with van der Waals surface area (Å²) < 4.78 is 3.92. The maximum Gasteiger partial charge on any atom is 0.152 e. The SMILES string of the molecule is BrCc1ncsn1.C1=Cc2ccnnc2C1. The van der Waals surface area contributed by atoms with Crippen molar-refractivity contribution in [2.45, 2.75) is 11.8 Å². The smallest absolute Gasteiger partial charge is 0.152 e. The van der Waals surface area contributed by atoms with Crippen molar-refractivity contribution in [2.75, 3.05) is 0 Å². The number of nitrogens with zero attached hydrogens (tertiary/aromatic N) is 4. The number of aromatic nitrogens is 4. The van der Waals surface area contributed by atoms with Crippen LogP contribution in [0, 0.1) is 0 Å². The minimum absolute atomic E-state index is 0.760. The van der Waals surface area contributed by atoms with E-state index in [4.69, 9.17) is 0 Å². The molecule has 2 aromatic heterocycles. The van der Waals surface area contributed by atoms with Crippen molar-refractivity contribution >= 4 is 33.5 Å². The molecule has 0 spiro atoms. The second-order valence-electron chi connectivity index (χ2n) is 3.02. The lowest BCUT2D eigenvalue weighted by molar-refractivity contribution is 0.955. The van der Waals surface area contributed by atoms with Gasteiger partial charge < -0.3 is 0 Å². The zero-order chi connectivity index (χ0) is 11.2. The number of hydrogen-bond acceptors (Lipinski definition) is 5. The molecule has 0 N–H and O–H groups in total. The molecule has 3 rings (SSSR count). The first kappa shape index (κ1) is 11.3. The molecule has 0 saturated heterocycles. The monoisotopic (exact) mass is 296 g/mol. The van der Waals surface area contributed by atoms with E-state index in [0.29, 0.717) is 0 Å². The Bertz CT molecular complexity index is 469. The Morgan fingerprint density at radius 2 is 2.38 bits per heavy atom. The van der Waals surface area contributed by atoms with E-state index in [0.717, 1.165) is 23.3 Å². The Kier molecular flexibility index (Phi) is 4.12. The van der Waals surface area contributed by atoms with E-state index >= 15 is 0 Å². The molecule has 1 aliphatic rings. The standard InChI is InChI=1S/C7H6N2.C3H3BrN2S/c1-2-6-4-5-8-9-7(6)3-1;4-1-3-5-2-7-6-3/h1-2,4-5H,3H2;2H,1H2. The van der Waals surface area contributed by atoms with Gasteiger partial charge in [0, 0.05) is 6.42 Å². The van der Waals surface area contributed by atoms with E-state index < -0.39 is 0 Å². The Morgan fingerprint density at radius 3 is 3.00 bits per heavy atom. The maximum atomic E-state index is 3.95. The van der Waals surface area contributed by atoms with Crippen LogP contribution in [0.15, 0.2) is 23.8 Å². The van der Waals surface area contributed by atoms with E-state index in [1.807, 2.05) is 6.07 Å². The molecule has 0 radical (unpaired) electrons. The molecule has 4 nitrogen and oxygen atoms in total. The fraction of sp³-hybridized carbons (Fsp3) is 0.200. The molecular weight excluding hydrogens is 288 g/mol. The summed E-state index contributed by atoms with van der Waals surface area (Å²) in [5, 5.41) is 8.47. The van der Waals surface area contributed by atoms with Gasteiger partial charge in [-0.05, 0) is 23.2 Å². The average Bonchev–Trinajstić information content (AvgIpc) is 3.01. The highest BCUT2D eigenvalue weighted by atomic mass is 79.9. The highest BCUT2D eigenvalue weighted by Crippen LogP contribution is 2.13. The molecule has 0 saturated carbocycles. The lowest BCUT2D eigenvalue weighted by atomic mass is 10.3. The van der Waals surface area contributed by atoms with Gasteiger partial charge in [0.2, 0.25) is 0 Å². The third-order valence-electron chi connectivity index (χ3n) is 1.97. The van der Waals surface area contributed by atoms with Gasteiger partial charge >= 0.3 is 0 Å². The van der Waals surface area contributed by atoms with Crippen LogP contribution in [0.1, 0.15) is 17.1 Å². The van der Waals surface area contributed by atoms with Gasteiger partial charge in [-0.1, -0.05) is 28.1 Å². The molecule has 2 heterocycles. The van der Waals surface area contributed by atoms with Crippen molar-refractivity contribution < 1.29 is 0 Å². The van der Waals surface area contributed by atoms with Gasteiger partial charge in [-0.3, -0.25) is 0 Å². The zero-order valence-corrected chi connectivity index (χ0v) is 10.8. The predicted molar refractivity (Wildman–Crippen MR) is 67.3 cm³/mol. The summed E-state index contributed by atoms with van der Waals surface area (Å²) in [6, 6.07) is 1.98. The van der Waals surface area contributed by atoms with Crippen LogP contribution < -0.4 is 0 Å². The van der Waals surface area contributed by atoms with Crippen molar-refractivity contribution in [1.29, 1.82) is 0 Å². The number of allylic oxidation sites excluding steroid dienone is 1. The Morgan fingerprint density at radius 1 is 1.44 bits per heavy atom. The molecule has 6 heteroatoms. The lowest BCUT2D eigenvalue weighted by Gasteiger charge is -1.90. The van der Waals surface area contributed by atoms with Crippen LogP contribution in [-0.4, -0.2) is 19.6 Å². The summed E-state index contributed by atoms with van der Waals surface area (Å²) in [5.74, 6) is 0.866. The molecule has 2 aromatic rings. The molecule has 0 atom stereocenters. The summed E-state index contributed by atoms with van der Waals surface area (Å²) in [4.78, 5) is 3.90. The molecule has 1 aliphatic carbocycles. The highest BCUT2D eigenvalue weighted by Gasteiger charge is 2.03. The zero-order valence-electron chi connectivity index (χ0n) is 8.38. The van der Waals surface area contributed by atoms with Crippen LogP contribution in [0.2, 0.25) is 0 Å². The van der Waals surface area contributed by atoms with Gasteiger partial charge in [0.05, 0.1) is 17.2 Å². The van der Waals surface area contributed by atoms with Crippen LogP contribution >= 0.6 is 27.5 Å². The average molecular weight is 297 g/mol. The second-order valence-corrected chi connectivity index (χ2v) is 4.19. The van der Waals surface area contributed by atoms with E-state index in [-0.39, 0.29) is 0 Å². The Labute approximate surface area is 106 Å². The van der Waals surface area contributed by atoms with Crippen molar-refractivity contribution in [1.82, 2.24) is 19.6 Å². The quantitative estimate of drug-likeness (QED) is 0.759. The van der Waals surface area contributed by atoms with Crippen LogP contribution in [0.25, 0.3) is 6.08 Å². The molecule has 82 valence electrons. The summed E-state index contributed by atoms with van der Waals surface area (Å²) in [5.41, 5.74) is 4.03. The minimum atomic E-state index is 0.760. The number of rotatable bonds is 1. The summed E-state index contributed by atoms with van der Waals surface area (Å²) in [6.07, 6.45) is 6.83. The summed E-state index contributed by atoms with van der Waals surface area (Å²) in [7, 11) is 0. The van der Waals surface area contributed by atoms with Crippen molar-refractivity contribution in [2.24, 2.45) is 0 Å². The topological polar surface area (TPSA) is 51.6 Å². The molecule has 0 unspecified atom stereocenters. The number of alkyl halides is 1. The van der Waals surface area contributed by atoms with E-state index in [1.54, 1.807) is 11.7 Å². The van der Waals surface area contributed by atoms with Gasteiger partial charge in [-0.25, -0.2) is 4.98 Å². The lowest BCUT2D eigenvalue weighted by Crippen LogP contribution is -1.88. The van der Waals surface area contributed by atoms with Gasteiger partial charge in [0.15, 0.2) is 5.82 Å². The van der Waals surface area contributed by atoms with Gasteiger partial charge in [0.1, 0.15) is 5.51 Å². The summed E-state index contributed by atoms with van der Waals surface area (Å²) in [6.45, 7) is 0. The predicted octanol–water partition coefficient (Wildman–Crippen LogP) is 2.48. The van der Waals surface area contributed by atoms with E-state index in [9.17, 15) is 0 Å². The largest absolute Gasteiger partial charge is 0.227 e. The van der Waals surface area contributed by atoms with Crippen molar-refractivity contribution in [3.63, 3.8) is 0 Å². The van der Waals surface area contributed by atoms with Gasteiger partial charge in [0.25, 0.3) is 0 Å².